The van der Waals surface area contributed by atoms with Gasteiger partial charge in [-0.25, -0.2) is 13.2 Å². The fraction of sp³-hybridized carbons (Fsp3) is 1.00. The van der Waals surface area contributed by atoms with Gasteiger partial charge >= 0.3 is 0 Å². The van der Waals surface area contributed by atoms with Crippen molar-refractivity contribution >= 4 is 0 Å². The Kier molecular flexibility index (Phi) is 6.54. The van der Waals surface area contributed by atoms with Crippen molar-refractivity contribution in [3.05, 3.63) is 0 Å². The Morgan fingerprint density at radius 2 is 1.29 bits per heavy atom. The smallest absolute Gasteiger partial charge is 0.103 e. The van der Waals surface area contributed by atoms with E-state index in [2.05, 4.69) is 6.92 Å². The molecular formula is C21H35F3. The molecule has 3 saturated carbocycles. The van der Waals surface area contributed by atoms with Gasteiger partial charge in [0.2, 0.25) is 0 Å². The maximum atomic E-state index is 14.9. The SMILES string of the molecule is CCCC1CCC(C2CCC(C3CCC(F)CC3)CC2F)CC1F. The summed E-state index contributed by atoms with van der Waals surface area (Å²) in [4.78, 5) is 0. The van der Waals surface area contributed by atoms with Gasteiger partial charge in [-0.1, -0.05) is 13.3 Å². The van der Waals surface area contributed by atoms with E-state index >= 15 is 0 Å². The first-order chi connectivity index (χ1) is 11.6. The fourth-order valence-corrected chi connectivity index (χ4v) is 5.97. The second kappa shape index (κ2) is 8.45. The molecule has 0 spiro atoms. The van der Waals surface area contributed by atoms with Crippen molar-refractivity contribution in [3.63, 3.8) is 0 Å². The molecule has 3 rings (SSSR count). The van der Waals surface area contributed by atoms with Crippen molar-refractivity contribution in [2.75, 3.05) is 0 Å². The minimum absolute atomic E-state index is 0.0830. The van der Waals surface area contributed by atoms with E-state index in [1.54, 1.807) is 0 Å². The molecule has 6 atom stereocenters. The van der Waals surface area contributed by atoms with Gasteiger partial charge in [-0.15, -0.1) is 0 Å². The molecule has 0 amide bonds. The quantitative estimate of drug-likeness (QED) is 0.524. The average molecular weight is 345 g/mol. The average Bonchev–Trinajstić information content (AvgIpc) is 2.57. The highest BCUT2D eigenvalue weighted by atomic mass is 19.1. The minimum atomic E-state index is -0.758. The van der Waals surface area contributed by atoms with Crippen LogP contribution < -0.4 is 0 Å². The third kappa shape index (κ3) is 4.30. The molecule has 3 fully saturated rings. The van der Waals surface area contributed by atoms with Crippen LogP contribution in [0, 0.1) is 29.6 Å². The Hall–Kier alpha value is -0.210. The van der Waals surface area contributed by atoms with Crippen LogP contribution in [-0.4, -0.2) is 18.5 Å². The zero-order valence-corrected chi connectivity index (χ0v) is 15.2. The van der Waals surface area contributed by atoms with E-state index in [0.29, 0.717) is 37.5 Å². The van der Waals surface area contributed by atoms with E-state index in [0.717, 1.165) is 51.4 Å². The van der Waals surface area contributed by atoms with Gasteiger partial charge in [-0.05, 0) is 100 Å². The molecule has 0 radical (unpaired) electrons. The highest BCUT2D eigenvalue weighted by Crippen LogP contribution is 2.47. The zero-order valence-electron chi connectivity index (χ0n) is 15.2. The van der Waals surface area contributed by atoms with Crippen LogP contribution in [0.4, 0.5) is 13.2 Å². The molecule has 0 nitrogen and oxygen atoms in total. The van der Waals surface area contributed by atoms with Crippen LogP contribution in [-0.2, 0) is 0 Å². The highest BCUT2D eigenvalue weighted by Gasteiger charge is 2.42. The first kappa shape index (κ1) is 18.6. The first-order valence-electron chi connectivity index (χ1n) is 10.5. The predicted octanol–water partition coefficient (Wildman–Crippen LogP) is 6.82. The first-order valence-corrected chi connectivity index (χ1v) is 10.5. The van der Waals surface area contributed by atoms with Crippen LogP contribution in [0.25, 0.3) is 0 Å². The predicted molar refractivity (Wildman–Crippen MR) is 93.2 cm³/mol. The Morgan fingerprint density at radius 1 is 0.667 bits per heavy atom. The summed E-state index contributed by atoms with van der Waals surface area (Å²) in [5, 5.41) is 0. The molecule has 0 aromatic heterocycles. The van der Waals surface area contributed by atoms with Crippen LogP contribution in [0.3, 0.4) is 0 Å². The highest BCUT2D eigenvalue weighted by molar-refractivity contribution is 4.91. The van der Waals surface area contributed by atoms with E-state index in [-0.39, 0.29) is 17.8 Å². The fourth-order valence-electron chi connectivity index (χ4n) is 5.97. The van der Waals surface area contributed by atoms with Crippen LogP contribution in [0.5, 0.6) is 0 Å². The monoisotopic (exact) mass is 344 g/mol. The third-order valence-electron chi connectivity index (χ3n) is 7.44. The maximum absolute atomic E-state index is 14.9. The summed E-state index contributed by atoms with van der Waals surface area (Å²) in [5.74, 6) is 1.54. The van der Waals surface area contributed by atoms with Crippen LogP contribution in [0.15, 0.2) is 0 Å². The van der Waals surface area contributed by atoms with Crippen LogP contribution in [0.1, 0.15) is 84.0 Å². The summed E-state index contributed by atoms with van der Waals surface area (Å²) in [6, 6.07) is 0. The summed E-state index contributed by atoms with van der Waals surface area (Å²) in [7, 11) is 0. The number of hydrogen-bond donors (Lipinski definition) is 0. The van der Waals surface area contributed by atoms with Gasteiger partial charge in [-0.2, -0.15) is 0 Å². The lowest BCUT2D eigenvalue weighted by atomic mass is 9.64. The van der Waals surface area contributed by atoms with Gasteiger partial charge in [0.1, 0.15) is 18.5 Å². The lowest BCUT2D eigenvalue weighted by Gasteiger charge is -2.43. The number of hydrogen-bond acceptors (Lipinski definition) is 0. The lowest BCUT2D eigenvalue weighted by Crippen LogP contribution is -2.39. The Balaban J connectivity index is 1.49. The van der Waals surface area contributed by atoms with Crippen molar-refractivity contribution in [1.82, 2.24) is 0 Å². The Bertz CT molecular complexity index is 377. The molecule has 3 heteroatoms. The molecular weight excluding hydrogens is 309 g/mol. The van der Waals surface area contributed by atoms with Crippen molar-refractivity contribution in [3.8, 4) is 0 Å². The van der Waals surface area contributed by atoms with E-state index in [4.69, 9.17) is 0 Å². The van der Waals surface area contributed by atoms with Gasteiger partial charge in [0.25, 0.3) is 0 Å². The summed E-state index contributed by atoms with van der Waals surface area (Å²) >= 11 is 0. The third-order valence-corrected chi connectivity index (χ3v) is 7.44. The van der Waals surface area contributed by atoms with E-state index in [9.17, 15) is 13.2 Å². The second-order valence-electron chi connectivity index (χ2n) is 8.90. The molecule has 0 aromatic carbocycles. The molecule has 0 aromatic rings. The van der Waals surface area contributed by atoms with Gasteiger partial charge in [0.05, 0.1) is 0 Å². The lowest BCUT2D eigenvalue weighted by molar-refractivity contribution is 0.0114. The molecule has 140 valence electrons. The maximum Gasteiger partial charge on any atom is 0.103 e. The van der Waals surface area contributed by atoms with Crippen molar-refractivity contribution in [1.29, 1.82) is 0 Å². The molecule has 3 aliphatic carbocycles. The molecule has 0 bridgehead atoms. The molecule has 0 N–H and O–H groups in total. The second-order valence-corrected chi connectivity index (χ2v) is 8.90. The number of alkyl halides is 3. The van der Waals surface area contributed by atoms with Gasteiger partial charge in [0.15, 0.2) is 0 Å². The zero-order chi connectivity index (χ0) is 17.1. The topological polar surface area (TPSA) is 0 Å². The van der Waals surface area contributed by atoms with Crippen LogP contribution in [0.2, 0.25) is 0 Å². The molecule has 0 heterocycles. The minimum Gasteiger partial charge on any atom is -0.247 e. The summed E-state index contributed by atoms with van der Waals surface area (Å²) in [6.07, 6.45) is 8.39. The normalized spacial score (nSPS) is 47.5. The molecule has 24 heavy (non-hydrogen) atoms. The summed E-state index contributed by atoms with van der Waals surface area (Å²) in [6.45, 7) is 2.12. The van der Waals surface area contributed by atoms with Crippen molar-refractivity contribution in [2.24, 2.45) is 29.6 Å². The molecule has 6 unspecified atom stereocenters. The molecule has 0 aliphatic heterocycles. The summed E-state index contributed by atoms with van der Waals surface area (Å²) < 4.78 is 42.6. The van der Waals surface area contributed by atoms with Gasteiger partial charge in [-0.3, -0.25) is 0 Å². The number of halogens is 3. The van der Waals surface area contributed by atoms with Gasteiger partial charge < -0.3 is 0 Å². The standard InChI is InChI=1S/C21H35F3/c1-2-3-15-4-5-17(13-20(15)23)19-11-8-16(12-21(19)24)14-6-9-18(22)10-7-14/h14-21H,2-13H2,1H3. The van der Waals surface area contributed by atoms with Crippen molar-refractivity contribution < 1.29 is 13.2 Å². The number of rotatable bonds is 4. The van der Waals surface area contributed by atoms with E-state index in [1.165, 1.54) is 0 Å². The largest absolute Gasteiger partial charge is 0.247 e. The van der Waals surface area contributed by atoms with E-state index < -0.39 is 18.5 Å². The van der Waals surface area contributed by atoms with E-state index in [1.807, 2.05) is 0 Å². The van der Waals surface area contributed by atoms with Crippen LogP contribution >= 0.6 is 0 Å². The van der Waals surface area contributed by atoms with Gasteiger partial charge in [0, 0.05) is 0 Å². The summed E-state index contributed by atoms with van der Waals surface area (Å²) in [5.41, 5.74) is 0. The Labute approximate surface area is 146 Å². The van der Waals surface area contributed by atoms with Crippen molar-refractivity contribution in [2.45, 2.75) is 102 Å². The molecule has 3 aliphatic rings. The Morgan fingerprint density at radius 3 is 1.92 bits per heavy atom. The molecule has 0 saturated heterocycles.